The van der Waals surface area contributed by atoms with Crippen LogP contribution in [0.3, 0.4) is 0 Å². The molecule has 0 spiro atoms. The monoisotopic (exact) mass is 262 g/mol. The molecule has 1 atom stereocenters. The van der Waals surface area contributed by atoms with Gasteiger partial charge in [0.2, 0.25) is 0 Å². The topological polar surface area (TPSA) is 81.4 Å². The molecule has 0 amide bonds. The van der Waals surface area contributed by atoms with E-state index in [1.54, 1.807) is 0 Å². The molecule has 0 fully saturated rings. The molecule has 1 rings (SSSR count). The highest BCUT2D eigenvalue weighted by atomic mass is 32.2. The van der Waals surface area contributed by atoms with Crippen LogP contribution in [0.1, 0.15) is 13.8 Å². The van der Waals surface area contributed by atoms with E-state index in [1.807, 2.05) is 13.8 Å². The molecule has 7 heteroatoms. The van der Waals surface area contributed by atoms with Gasteiger partial charge in [-0.25, -0.2) is 8.42 Å². The van der Waals surface area contributed by atoms with Crippen molar-refractivity contribution in [2.75, 3.05) is 12.9 Å². The smallest absolute Gasteiger partial charge is 0.178 e. The molecule has 0 aliphatic carbocycles. The maximum Gasteiger partial charge on any atom is 0.178 e. The first-order chi connectivity index (χ1) is 7.79. The molecule has 1 aromatic rings. The third-order valence-electron chi connectivity index (χ3n) is 2.06. The van der Waals surface area contributed by atoms with E-state index < -0.39 is 15.9 Å². The van der Waals surface area contributed by atoms with Crippen LogP contribution >= 0.6 is 0 Å². The summed E-state index contributed by atoms with van der Waals surface area (Å²) < 4.78 is 29.0. The van der Waals surface area contributed by atoms with Crippen LogP contribution < -0.4 is 0 Å². The zero-order chi connectivity index (χ0) is 13.1. The van der Waals surface area contributed by atoms with E-state index in [1.165, 1.54) is 17.1 Å². The van der Waals surface area contributed by atoms with Crippen LogP contribution in [0.5, 0.6) is 0 Å². The summed E-state index contributed by atoms with van der Waals surface area (Å²) in [6, 6.07) is 0. The van der Waals surface area contributed by atoms with Gasteiger partial charge in [0.25, 0.3) is 0 Å². The van der Waals surface area contributed by atoms with Crippen LogP contribution in [-0.4, -0.2) is 48.4 Å². The zero-order valence-electron chi connectivity index (χ0n) is 10.2. The minimum absolute atomic E-state index is 0.0499. The van der Waals surface area contributed by atoms with Gasteiger partial charge in [0.05, 0.1) is 31.6 Å². The zero-order valence-corrected chi connectivity index (χ0v) is 11.0. The summed E-state index contributed by atoms with van der Waals surface area (Å²) >= 11 is 0. The highest BCUT2D eigenvalue weighted by molar-refractivity contribution is 7.90. The quantitative estimate of drug-likeness (QED) is 0.784. The lowest BCUT2D eigenvalue weighted by molar-refractivity contribution is -0.00204. The van der Waals surface area contributed by atoms with Crippen LogP contribution in [0.2, 0.25) is 0 Å². The number of sulfone groups is 1. The first kappa shape index (κ1) is 14.1. The van der Waals surface area contributed by atoms with Crippen LogP contribution in [0, 0.1) is 0 Å². The Morgan fingerprint density at radius 2 is 2.18 bits per heavy atom. The molecule has 1 unspecified atom stereocenters. The molecular formula is C10H18N2O4S. The third-order valence-corrected chi connectivity index (χ3v) is 3.12. The minimum Gasteiger partial charge on any atom is -0.389 e. The Labute approximate surface area is 101 Å². The summed E-state index contributed by atoms with van der Waals surface area (Å²) in [7, 11) is -3.24. The summed E-state index contributed by atoms with van der Waals surface area (Å²) in [4.78, 5) is 0.148. The van der Waals surface area contributed by atoms with E-state index >= 15 is 0 Å². The Kier molecular flexibility index (Phi) is 4.67. The Hall–Kier alpha value is -0.920. The second-order valence-corrected chi connectivity index (χ2v) is 6.22. The Bertz CT molecular complexity index is 453. The van der Waals surface area contributed by atoms with Gasteiger partial charge in [-0.3, -0.25) is 4.68 Å². The molecule has 0 aliphatic heterocycles. The molecule has 6 nitrogen and oxygen atoms in total. The van der Waals surface area contributed by atoms with E-state index in [0.29, 0.717) is 0 Å². The number of aliphatic hydroxyl groups excluding tert-OH is 1. The van der Waals surface area contributed by atoms with E-state index in [0.717, 1.165) is 6.26 Å². The van der Waals surface area contributed by atoms with Crippen molar-refractivity contribution >= 4 is 9.84 Å². The van der Waals surface area contributed by atoms with Gasteiger partial charge in [-0.15, -0.1) is 0 Å². The Balaban J connectivity index is 2.55. The Morgan fingerprint density at radius 3 is 2.65 bits per heavy atom. The van der Waals surface area contributed by atoms with Crippen molar-refractivity contribution in [2.45, 2.75) is 37.5 Å². The fourth-order valence-electron chi connectivity index (χ4n) is 1.21. The highest BCUT2D eigenvalue weighted by Crippen LogP contribution is 2.07. The van der Waals surface area contributed by atoms with Crippen LogP contribution in [0.4, 0.5) is 0 Å². The van der Waals surface area contributed by atoms with Gasteiger partial charge in [0.1, 0.15) is 4.90 Å². The number of hydrogen-bond acceptors (Lipinski definition) is 5. The normalized spacial score (nSPS) is 14.2. The van der Waals surface area contributed by atoms with Crippen molar-refractivity contribution < 1.29 is 18.3 Å². The SMILES string of the molecule is CC(C)OCC(O)Cn1cc(S(C)(=O)=O)cn1. The predicted octanol–water partition coefficient (Wildman–Crippen LogP) is 0.0725. The van der Waals surface area contributed by atoms with Crippen molar-refractivity contribution in [3.63, 3.8) is 0 Å². The maximum atomic E-state index is 11.2. The first-order valence-electron chi connectivity index (χ1n) is 5.31. The summed E-state index contributed by atoms with van der Waals surface area (Å²) in [6.07, 6.45) is 3.13. The molecule has 0 aliphatic rings. The Morgan fingerprint density at radius 1 is 1.53 bits per heavy atom. The van der Waals surface area contributed by atoms with Crippen molar-refractivity contribution in [1.82, 2.24) is 9.78 Å². The lowest BCUT2D eigenvalue weighted by Crippen LogP contribution is -2.24. The summed E-state index contributed by atoms with van der Waals surface area (Å²) in [5.74, 6) is 0. The summed E-state index contributed by atoms with van der Waals surface area (Å²) in [5.41, 5.74) is 0. The van der Waals surface area contributed by atoms with Crippen LogP contribution in [0.15, 0.2) is 17.3 Å². The van der Waals surface area contributed by atoms with Crippen molar-refractivity contribution in [2.24, 2.45) is 0 Å². The number of ether oxygens (including phenoxy) is 1. The minimum atomic E-state index is -3.24. The number of rotatable bonds is 6. The molecular weight excluding hydrogens is 244 g/mol. The van der Waals surface area contributed by atoms with E-state index in [9.17, 15) is 13.5 Å². The molecule has 0 radical (unpaired) electrons. The molecule has 17 heavy (non-hydrogen) atoms. The largest absolute Gasteiger partial charge is 0.389 e. The third kappa shape index (κ3) is 4.84. The van der Waals surface area contributed by atoms with Gasteiger partial charge in [0, 0.05) is 12.5 Å². The molecule has 0 bridgehead atoms. The number of nitrogens with zero attached hydrogens (tertiary/aromatic N) is 2. The van der Waals surface area contributed by atoms with Gasteiger partial charge in [-0.05, 0) is 13.8 Å². The van der Waals surface area contributed by atoms with Crippen molar-refractivity contribution in [3.8, 4) is 0 Å². The number of hydrogen-bond donors (Lipinski definition) is 1. The molecule has 1 heterocycles. The standard InChI is InChI=1S/C10H18N2O4S/c1-8(2)16-7-9(13)5-12-6-10(4-11-12)17(3,14)15/h4,6,8-9,13H,5,7H2,1-3H3. The number of aliphatic hydroxyl groups is 1. The van der Waals surface area contributed by atoms with Crippen molar-refractivity contribution in [3.05, 3.63) is 12.4 Å². The molecule has 0 aromatic carbocycles. The van der Waals surface area contributed by atoms with Gasteiger partial charge >= 0.3 is 0 Å². The van der Waals surface area contributed by atoms with E-state index in [-0.39, 0.29) is 24.2 Å². The van der Waals surface area contributed by atoms with Gasteiger partial charge in [-0.2, -0.15) is 5.10 Å². The lowest BCUT2D eigenvalue weighted by Gasteiger charge is -2.13. The second-order valence-electron chi connectivity index (χ2n) is 4.21. The average molecular weight is 262 g/mol. The molecule has 98 valence electrons. The van der Waals surface area contributed by atoms with Crippen LogP contribution in [-0.2, 0) is 21.1 Å². The molecule has 0 saturated heterocycles. The van der Waals surface area contributed by atoms with E-state index in [2.05, 4.69) is 5.10 Å². The molecule has 1 aromatic heterocycles. The first-order valence-corrected chi connectivity index (χ1v) is 7.20. The fourth-order valence-corrected chi connectivity index (χ4v) is 1.76. The van der Waals surface area contributed by atoms with Gasteiger partial charge in [-0.1, -0.05) is 0 Å². The fraction of sp³-hybridized carbons (Fsp3) is 0.700. The number of aromatic nitrogens is 2. The highest BCUT2D eigenvalue weighted by Gasteiger charge is 2.12. The van der Waals surface area contributed by atoms with E-state index in [4.69, 9.17) is 4.74 Å². The summed E-state index contributed by atoms with van der Waals surface area (Å²) in [5, 5.41) is 13.5. The molecule has 0 saturated carbocycles. The lowest BCUT2D eigenvalue weighted by atomic mass is 10.3. The molecule has 1 N–H and O–H groups in total. The maximum absolute atomic E-state index is 11.2. The van der Waals surface area contributed by atoms with Gasteiger partial charge in [0.15, 0.2) is 9.84 Å². The average Bonchev–Trinajstić information content (AvgIpc) is 2.62. The second kappa shape index (κ2) is 5.61. The van der Waals surface area contributed by atoms with Crippen molar-refractivity contribution in [1.29, 1.82) is 0 Å². The van der Waals surface area contributed by atoms with Crippen LogP contribution in [0.25, 0.3) is 0 Å². The predicted molar refractivity (Wildman–Crippen MR) is 62.4 cm³/mol. The summed E-state index contributed by atoms with van der Waals surface area (Å²) in [6.45, 7) is 4.17. The van der Waals surface area contributed by atoms with Gasteiger partial charge < -0.3 is 9.84 Å².